The van der Waals surface area contributed by atoms with Crippen LogP contribution in [-0.4, -0.2) is 92.3 Å². The van der Waals surface area contributed by atoms with Crippen molar-refractivity contribution in [2.75, 3.05) is 58.7 Å². The molecule has 2 rings (SSSR count). The Bertz CT molecular complexity index is 766. The fourth-order valence-electron chi connectivity index (χ4n) is 3.63. The summed E-state index contributed by atoms with van der Waals surface area (Å²) >= 11 is 0. The van der Waals surface area contributed by atoms with E-state index in [1.54, 1.807) is 24.3 Å². The van der Waals surface area contributed by atoms with E-state index in [1.807, 2.05) is 19.0 Å². The van der Waals surface area contributed by atoms with Gasteiger partial charge in [-0.05, 0) is 83.7 Å². The number of benzene rings is 1. The number of carbonyl (C=O) groups excluding carboxylic acids is 2. The summed E-state index contributed by atoms with van der Waals surface area (Å²) in [6.45, 7) is 4.54. The lowest BCUT2D eigenvalue weighted by Gasteiger charge is -2.22. The van der Waals surface area contributed by atoms with E-state index < -0.39 is 12.1 Å². The van der Waals surface area contributed by atoms with Crippen molar-refractivity contribution in [2.24, 2.45) is 0 Å². The predicted molar refractivity (Wildman–Crippen MR) is 131 cm³/mol. The molecule has 190 valence electrons. The summed E-state index contributed by atoms with van der Waals surface area (Å²) < 4.78 is 5.55. The standard InChI is InChI=1S/C24H39N5O5/c1-28(2)14-5-7-21(30)27-23(24(33)25-13-17-29-15-3-4-16-29)26-19-9-11-20(12-10-19)34-18-6-8-22(31)32/h9-12,23,26H,3-8,13-18H2,1-2H3,(H,25,33)(H,27,30)(H,31,32). The molecule has 1 saturated heterocycles. The zero-order valence-electron chi connectivity index (χ0n) is 20.3. The molecule has 4 N–H and O–H groups in total. The molecule has 10 heteroatoms. The van der Waals surface area contributed by atoms with Gasteiger partial charge in [0.2, 0.25) is 5.91 Å². The molecule has 10 nitrogen and oxygen atoms in total. The van der Waals surface area contributed by atoms with Crippen molar-refractivity contribution in [3.8, 4) is 5.75 Å². The third kappa shape index (κ3) is 11.3. The van der Waals surface area contributed by atoms with Gasteiger partial charge in [-0.15, -0.1) is 0 Å². The average molecular weight is 478 g/mol. The third-order valence-corrected chi connectivity index (χ3v) is 5.47. The van der Waals surface area contributed by atoms with E-state index in [0.717, 1.165) is 26.2 Å². The number of aliphatic carboxylic acids is 1. The summed E-state index contributed by atoms with van der Waals surface area (Å²) in [5, 5.41) is 17.5. The number of carboxylic acid groups (broad SMARTS) is 1. The highest BCUT2D eigenvalue weighted by Gasteiger charge is 2.21. The van der Waals surface area contributed by atoms with Crippen LogP contribution in [0.25, 0.3) is 0 Å². The van der Waals surface area contributed by atoms with Gasteiger partial charge in [0.15, 0.2) is 6.17 Å². The van der Waals surface area contributed by atoms with Crippen molar-refractivity contribution in [2.45, 2.75) is 44.7 Å². The van der Waals surface area contributed by atoms with Gasteiger partial charge in [0.25, 0.3) is 5.91 Å². The van der Waals surface area contributed by atoms with E-state index in [2.05, 4.69) is 20.9 Å². The van der Waals surface area contributed by atoms with Crippen LogP contribution in [0.15, 0.2) is 24.3 Å². The Labute approximate surface area is 202 Å². The number of nitrogens with zero attached hydrogens (tertiary/aromatic N) is 2. The quantitative estimate of drug-likeness (QED) is 0.208. The summed E-state index contributed by atoms with van der Waals surface area (Å²) in [6.07, 6.45) is 3.02. The molecule has 1 aromatic rings. The average Bonchev–Trinajstić information content (AvgIpc) is 3.30. The first kappa shape index (κ1) is 27.4. The monoisotopic (exact) mass is 477 g/mol. The number of carbonyl (C=O) groups is 3. The van der Waals surface area contributed by atoms with Gasteiger partial charge in [-0.1, -0.05) is 0 Å². The minimum atomic E-state index is -0.896. The molecule has 1 aliphatic rings. The number of hydrogen-bond donors (Lipinski definition) is 4. The minimum absolute atomic E-state index is 0.0580. The summed E-state index contributed by atoms with van der Waals surface area (Å²) in [5.74, 6) is -0.714. The molecule has 0 aliphatic carbocycles. The molecule has 1 aromatic carbocycles. The first-order chi connectivity index (χ1) is 16.3. The molecule has 0 saturated carbocycles. The summed E-state index contributed by atoms with van der Waals surface area (Å²) in [4.78, 5) is 40.2. The van der Waals surface area contributed by atoms with E-state index in [9.17, 15) is 14.4 Å². The highest BCUT2D eigenvalue weighted by molar-refractivity contribution is 5.89. The van der Waals surface area contributed by atoms with Gasteiger partial charge < -0.3 is 35.6 Å². The molecular formula is C24H39N5O5. The van der Waals surface area contributed by atoms with Gasteiger partial charge in [-0.25, -0.2) is 0 Å². The second-order valence-electron chi connectivity index (χ2n) is 8.76. The molecule has 0 spiro atoms. The molecule has 2 amide bonds. The van der Waals surface area contributed by atoms with Crippen molar-refractivity contribution in [1.29, 1.82) is 0 Å². The van der Waals surface area contributed by atoms with Crippen molar-refractivity contribution in [1.82, 2.24) is 20.4 Å². The fraction of sp³-hybridized carbons (Fsp3) is 0.625. The van der Waals surface area contributed by atoms with Gasteiger partial charge in [0.05, 0.1) is 6.61 Å². The van der Waals surface area contributed by atoms with Crippen LogP contribution in [0.4, 0.5) is 5.69 Å². The Morgan fingerprint density at radius 3 is 2.44 bits per heavy atom. The topological polar surface area (TPSA) is 123 Å². The van der Waals surface area contributed by atoms with Crippen LogP contribution >= 0.6 is 0 Å². The summed E-state index contributed by atoms with van der Waals surface area (Å²) in [7, 11) is 3.91. The lowest BCUT2D eigenvalue weighted by molar-refractivity contribution is -0.137. The second-order valence-corrected chi connectivity index (χ2v) is 8.76. The van der Waals surface area contributed by atoms with E-state index in [1.165, 1.54) is 12.8 Å². The molecule has 1 unspecified atom stereocenters. The second kappa shape index (κ2) is 15.1. The molecule has 0 aromatic heterocycles. The Morgan fingerprint density at radius 2 is 1.79 bits per heavy atom. The molecule has 0 bridgehead atoms. The van der Waals surface area contributed by atoms with Crippen LogP contribution in [0, 0.1) is 0 Å². The maximum atomic E-state index is 12.8. The first-order valence-electron chi connectivity index (χ1n) is 12.0. The van der Waals surface area contributed by atoms with E-state index in [4.69, 9.17) is 9.84 Å². The SMILES string of the molecule is CN(C)CCCC(=O)NC(Nc1ccc(OCCCC(=O)O)cc1)C(=O)NCCN1CCCC1. The number of anilines is 1. The fourth-order valence-corrected chi connectivity index (χ4v) is 3.63. The van der Waals surface area contributed by atoms with Crippen LogP contribution in [-0.2, 0) is 14.4 Å². The highest BCUT2D eigenvalue weighted by Crippen LogP contribution is 2.17. The van der Waals surface area contributed by atoms with Crippen molar-refractivity contribution in [3.63, 3.8) is 0 Å². The van der Waals surface area contributed by atoms with Crippen molar-refractivity contribution < 1.29 is 24.2 Å². The van der Waals surface area contributed by atoms with E-state index >= 15 is 0 Å². The Balaban J connectivity index is 1.89. The Hall–Kier alpha value is -2.85. The normalized spacial score (nSPS) is 14.6. The van der Waals surface area contributed by atoms with Gasteiger partial charge in [0.1, 0.15) is 5.75 Å². The van der Waals surface area contributed by atoms with E-state index in [0.29, 0.717) is 43.9 Å². The number of likely N-dealkylation sites (tertiary alicyclic amines) is 1. The zero-order valence-corrected chi connectivity index (χ0v) is 20.3. The van der Waals surface area contributed by atoms with Crippen LogP contribution in [0.5, 0.6) is 5.75 Å². The molecule has 1 atom stereocenters. The van der Waals surface area contributed by atoms with E-state index in [-0.39, 0.29) is 18.2 Å². The number of amides is 2. The lowest BCUT2D eigenvalue weighted by atomic mass is 10.2. The maximum Gasteiger partial charge on any atom is 0.303 e. The van der Waals surface area contributed by atoms with Crippen LogP contribution in [0.3, 0.4) is 0 Å². The predicted octanol–water partition coefficient (Wildman–Crippen LogP) is 1.34. The maximum absolute atomic E-state index is 12.8. The van der Waals surface area contributed by atoms with Crippen molar-refractivity contribution in [3.05, 3.63) is 24.3 Å². The molecule has 34 heavy (non-hydrogen) atoms. The summed E-state index contributed by atoms with van der Waals surface area (Å²) in [5.41, 5.74) is 0.658. The van der Waals surface area contributed by atoms with Crippen LogP contribution < -0.4 is 20.7 Å². The lowest BCUT2D eigenvalue weighted by Crippen LogP contribution is -2.52. The molecule has 0 radical (unpaired) electrons. The van der Waals surface area contributed by atoms with Gasteiger partial charge in [-0.3, -0.25) is 14.4 Å². The highest BCUT2D eigenvalue weighted by atomic mass is 16.5. The number of rotatable bonds is 16. The zero-order chi connectivity index (χ0) is 24.8. The van der Waals surface area contributed by atoms with Crippen molar-refractivity contribution >= 4 is 23.5 Å². The smallest absolute Gasteiger partial charge is 0.303 e. The number of hydrogen-bond acceptors (Lipinski definition) is 7. The van der Waals surface area contributed by atoms with Gasteiger partial charge in [-0.2, -0.15) is 0 Å². The first-order valence-corrected chi connectivity index (χ1v) is 12.0. The number of carboxylic acids is 1. The Kier molecular flexibility index (Phi) is 12.2. The van der Waals surface area contributed by atoms with Gasteiger partial charge >= 0.3 is 5.97 Å². The molecule has 1 fully saturated rings. The van der Waals surface area contributed by atoms with Crippen LogP contribution in [0.2, 0.25) is 0 Å². The molecular weight excluding hydrogens is 438 g/mol. The number of ether oxygens (including phenoxy) is 1. The van der Waals surface area contributed by atoms with Crippen LogP contribution in [0.1, 0.15) is 38.5 Å². The number of nitrogens with one attached hydrogen (secondary N) is 3. The third-order valence-electron chi connectivity index (χ3n) is 5.47. The molecule has 1 heterocycles. The molecule has 1 aliphatic heterocycles. The Morgan fingerprint density at radius 1 is 1.09 bits per heavy atom. The minimum Gasteiger partial charge on any atom is -0.494 e. The van der Waals surface area contributed by atoms with Gasteiger partial charge in [0, 0.05) is 31.6 Å². The summed E-state index contributed by atoms with van der Waals surface area (Å²) in [6, 6.07) is 7.00. The largest absolute Gasteiger partial charge is 0.494 e.